The molecule has 0 atom stereocenters. The Labute approximate surface area is 107 Å². The van der Waals surface area contributed by atoms with E-state index in [0.717, 1.165) is 17.7 Å². The van der Waals surface area contributed by atoms with Gasteiger partial charge in [-0.2, -0.15) is 0 Å². The number of rotatable bonds is 3. The first-order valence-electron chi connectivity index (χ1n) is 5.37. The van der Waals surface area contributed by atoms with Crippen LogP contribution in [-0.2, 0) is 12.8 Å². The molecule has 0 saturated carbocycles. The van der Waals surface area contributed by atoms with Gasteiger partial charge >= 0.3 is 0 Å². The summed E-state index contributed by atoms with van der Waals surface area (Å²) in [5.41, 5.74) is 1.68. The largest absolute Gasteiger partial charge is 0.309 e. The fraction of sp³-hybridized carbons (Fsp3) is 0.250. The molecule has 0 aliphatic carbocycles. The predicted octanol–water partition coefficient (Wildman–Crippen LogP) is 2.08. The van der Waals surface area contributed by atoms with Crippen molar-refractivity contribution < 1.29 is 0 Å². The second-order valence-corrected chi connectivity index (χ2v) is 4.46. The van der Waals surface area contributed by atoms with E-state index in [4.69, 9.17) is 0 Å². The van der Waals surface area contributed by atoms with E-state index < -0.39 is 0 Å². The van der Waals surface area contributed by atoms with Gasteiger partial charge in [0.25, 0.3) is 5.56 Å². The van der Waals surface area contributed by atoms with Crippen LogP contribution in [0.3, 0.4) is 0 Å². The molecule has 0 aromatic carbocycles. The molecule has 0 unspecified atom stereocenters. The standard InChI is InChI=1S/C12H12BrN3O/c1-2-9-11(13)12(17)16-10(15-9)6-8-4-3-5-14-7-8/h3-5,7H,2,6H2,1H3,(H,15,16,17). The Hall–Kier alpha value is -1.49. The van der Waals surface area contributed by atoms with Gasteiger partial charge in [-0.25, -0.2) is 4.98 Å². The molecular formula is C12H12BrN3O. The number of hydrogen-bond acceptors (Lipinski definition) is 3. The van der Waals surface area contributed by atoms with E-state index in [0.29, 0.717) is 16.7 Å². The molecule has 2 rings (SSSR count). The highest BCUT2D eigenvalue weighted by Crippen LogP contribution is 2.11. The third-order valence-corrected chi connectivity index (χ3v) is 3.23. The van der Waals surface area contributed by atoms with E-state index in [9.17, 15) is 4.79 Å². The molecule has 0 bridgehead atoms. The molecule has 0 spiro atoms. The van der Waals surface area contributed by atoms with E-state index in [1.165, 1.54) is 0 Å². The molecule has 0 radical (unpaired) electrons. The Morgan fingerprint density at radius 1 is 1.47 bits per heavy atom. The lowest BCUT2D eigenvalue weighted by atomic mass is 10.2. The Morgan fingerprint density at radius 2 is 2.29 bits per heavy atom. The van der Waals surface area contributed by atoms with Crippen molar-refractivity contribution in [2.45, 2.75) is 19.8 Å². The van der Waals surface area contributed by atoms with E-state index in [-0.39, 0.29) is 5.56 Å². The average molecular weight is 294 g/mol. The number of halogens is 1. The van der Waals surface area contributed by atoms with Crippen LogP contribution in [0.15, 0.2) is 33.8 Å². The van der Waals surface area contributed by atoms with Gasteiger partial charge < -0.3 is 4.98 Å². The second-order valence-electron chi connectivity index (χ2n) is 3.66. The smallest absolute Gasteiger partial charge is 0.265 e. The maximum absolute atomic E-state index is 11.7. The summed E-state index contributed by atoms with van der Waals surface area (Å²) in [6.07, 6.45) is 4.81. The Morgan fingerprint density at radius 3 is 2.94 bits per heavy atom. The van der Waals surface area contributed by atoms with Crippen LogP contribution in [0, 0.1) is 0 Å². The number of H-pyrrole nitrogens is 1. The molecule has 2 aromatic heterocycles. The fourth-order valence-corrected chi connectivity index (χ4v) is 2.04. The number of nitrogens with one attached hydrogen (secondary N) is 1. The molecular weight excluding hydrogens is 282 g/mol. The molecule has 17 heavy (non-hydrogen) atoms. The van der Waals surface area contributed by atoms with Crippen molar-refractivity contribution in [1.29, 1.82) is 0 Å². The summed E-state index contributed by atoms with van der Waals surface area (Å²) in [4.78, 5) is 22.9. The average Bonchev–Trinajstić information content (AvgIpc) is 2.35. The van der Waals surface area contributed by atoms with E-state index in [2.05, 4.69) is 30.9 Å². The topological polar surface area (TPSA) is 58.6 Å². The second kappa shape index (κ2) is 5.23. The van der Waals surface area contributed by atoms with Gasteiger partial charge in [0.05, 0.1) is 5.69 Å². The van der Waals surface area contributed by atoms with Gasteiger partial charge in [-0.05, 0) is 34.0 Å². The van der Waals surface area contributed by atoms with Crippen LogP contribution in [0.1, 0.15) is 24.0 Å². The molecule has 5 heteroatoms. The summed E-state index contributed by atoms with van der Waals surface area (Å²) in [5, 5.41) is 0. The van der Waals surface area contributed by atoms with Crippen molar-refractivity contribution in [3.63, 3.8) is 0 Å². The number of aryl methyl sites for hydroxylation is 1. The fourth-order valence-electron chi connectivity index (χ4n) is 1.57. The zero-order chi connectivity index (χ0) is 12.3. The lowest BCUT2D eigenvalue weighted by Crippen LogP contribution is -2.15. The molecule has 0 fully saturated rings. The van der Waals surface area contributed by atoms with Crippen LogP contribution in [-0.4, -0.2) is 15.0 Å². The third-order valence-electron chi connectivity index (χ3n) is 2.41. The minimum atomic E-state index is -0.129. The van der Waals surface area contributed by atoms with Crippen LogP contribution in [0.5, 0.6) is 0 Å². The zero-order valence-corrected chi connectivity index (χ0v) is 11.0. The first-order chi connectivity index (χ1) is 8.20. The highest BCUT2D eigenvalue weighted by Gasteiger charge is 2.07. The summed E-state index contributed by atoms with van der Waals surface area (Å²) < 4.78 is 0.523. The number of hydrogen-bond donors (Lipinski definition) is 1. The van der Waals surface area contributed by atoms with Gasteiger partial charge in [0.1, 0.15) is 10.3 Å². The first-order valence-corrected chi connectivity index (χ1v) is 6.16. The van der Waals surface area contributed by atoms with Crippen molar-refractivity contribution >= 4 is 15.9 Å². The Kier molecular flexibility index (Phi) is 3.68. The van der Waals surface area contributed by atoms with E-state index in [1.807, 2.05) is 19.1 Å². The quantitative estimate of drug-likeness (QED) is 0.943. The highest BCUT2D eigenvalue weighted by molar-refractivity contribution is 9.10. The van der Waals surface area contributed by atoms with Gasteiger partial charge in [-0.3, -0.25) is 9.78 Å². The van der Waals surface area contributed by atoms with E-state index in [1.54, 1.807) is 12.4 Å². The first kappa shape index (κ1) is 12.0. The van der Waals surface area contributed by atoms with Gasteiger partial charge in [-0.1, -0.05) is 13.0 Å². The van der Waals surface area contributed by atoms with Crippen molar-refractivity contribution in [3.8, 4) is 0 Å². The molecule has 0 aliphatic heterocycles. The molecule has 0 saturated heterocycles. The molecule has 0 aliphatic rings. The Balaban J connectivity index is 2.34. The van der Waals surface area contributed by atoms with Crippen LogP contribution in [0.2, 0.25) is 0 Å². The lowest BCUT2D eigenvalue weighted by Gasteiger charge is -2.04. The molecule has 0 amide bonds. The van der Waals surface area contributed by atoms with Crippen LogP contribution >= 0.6 is 15.9 Å². The predicted molar refractivity (Wildman–Crippen MR) is 69.0 cm³/mol. The van der Waals surface area contributed by atoms with Crippen molar-refractivity contribution in [2.24, 2.45) is 0 Å². The van der Waals surface area contributed by atoms with Gasteiger partial charge in [0, 0.05) is 18.8 Å². The van der Waals surface area contributed by atoms with Crippen molar-refractivity contribution in [1.82, 2.24) is 15.0 Å². The third kappa shape index (κ3) is 2.79. The minimum absolute atomic E-state index is 0.129. The van der Waals surface area contributed by atoms with Crippen LogP contribution < -0.4 is 5.56 Å². The number of aromatic amines is 1. The lowest BCUT2D eigenvalue weighted by molar-refractivity contribution is 0.874. The molecule has 2 heterocycles. The SMILES string of the molecule is CCc1nc(Cc2cccnc2)[nH]c(=O)c1Br. The number of aromatic nitrogens is 3. The van der Waals surface area contributed by atoms with Crippen LogP contribution in [0.25, 0.3) is 0 Å². The number of nitrogens with zero attached hydrogens (tertiary/aromatic N) is 2. The molecule has 88 valence electrons. The normalized spacial score (nSPS) is 10.5. The van der Waals surface area contributed by atoms with Gasteiger partial charge in [0.2, 0.25) is 0 Å². The summed E-state index contributed by atoms with van der Waals surface area (Å²) in [5.74, 6) is 0.669. The van der Waals surface area contributed by atoms with Crippen LogP contribution in [0.4, 0.5) is 0 Å². The summed E-state index contributed by atoms with van der Waals surface area (Å²) >= 11 is 3.24. The maximum Gasteiger partial charge on any atom is 0.265 e. The molecule has 4 nitrogen and oxygen atoms in total. The summed E-state index contributed by atoms with van der Waals surface area (Å²) in [6.45, 7) is 1.97. The maximum atomic E-state index is 11.7. The Bertz CT molecular complexity index is 566. The van der Waals surface area contributed by atoms with E-state index >= 15 is 0 Å². The van der Waals surface area contributed by atoms with Gasteiger partial charge in [-0.15, -0.1) is 0 Å². The molecule has 2 aromatic rings. The monoisotopic (exact) mass is 293 g/mol. The molecule has 1 N–H and O–H groups in total. The highest BCUT2D eigenvalue weighted by atomic mass is 79.9. The van der Waals surface area contributed by atoms with Gasteiger partial charge in [0.15, 0.2) is 0 Å². The number of pyridine rings is 1. The minimum Gasteiger partial charge on any atom is -0.309 e. The summed E-state index contributed by atoms with van der Waals surface area (Å²) in [6, 6.07) is 3.83. The van der Waals surface area contributed by atoms with Crippen molar-refractivity contribution in [3.05, 3.63) is 56.4 Å². The summed E-state index contributed by atoms with van der Waals surface area (Å²) in [7, 11) is 0. The van der Waals surface area contributed by atoms with Crippen molar-refractivity contribution in [2.75, 3.05) is 0 Å². The zero-order valence-electron chi connectivity index (χ0n) is 9.40.